The molecule has 3 rings (SSSR count). The van der Waals surface area contributed by atoms with Crippen molar-refractivity contribution >= 4 is 15.7 Å². The molecule has 1 aromatic heterocycles. The fourth-order valence-corrected chi connectivity index (χ4v) is 5.20. The van der Waals surface area contributed by atoms with Gasteiger partial charge in [-0.05, 0) is 56.0 Å². The fraction of sp³-hybridized carbons (Fsp3) is 0.400. The topological polar surface area (TPSA) is 76.1 Å². The Bertz CT molecular complexity index is 1120. The van der Waals surface area contributed by atoms with E-state index in [-0.39, 0.29) is 18.5 Å². The molecule has 2 aromatic rings. The number of hydrogen-bond acceptors (Lipinski definition) is 4. The predicted octanol–water partition coefficient (Wildman–Crippen LogP) is 4.93. The number of pyridine rings is 1. The van der Waals surface area contributed by atoms with E-state index in [0.717, 1.165) is 18.2 Å². The standard InChI is InChI=1S/C20H17F7N2O3S/c21-18(33(31,32)15-3-1-2-12(10-15)19(22,23)24)8-6-14(7-9-18)29-17(30)16-5-4-13(11-28-16)20(25,26)27/h1-5,10-11,14H,6-9H2,(H,29,30). The lowest BCUT2D eigenvalue weighted by Crippen LogP contribution is -2.45. The molecule has 0 aliphatic heterocycles. The minimum absolute atomic E-state index is 0.152. The molecule has 1 heterocycles. The Kier molecular flexibility index (Phi) is 6.48. The highest BCUT2D eigenvalue weighted by Gasteiger charge is 2.48. The van der Waals surface area contributed by atoms with Crippen molar-refractivity contribution in [1.29, 1.82) is 0 Å². The van der Waals surface area contributed by atoms with Gasteiger partial charge in [0.2, 0.25) is 14.8 Å². The van der Waals surface area contributed by atoms with Gasteiger partial charge in [-0.1, -0.05) is 6.07 Å². The first-order valence-corrected chi connectivity index (χ1v) is 11.1. The van der Waals surface area contributed by atoms with Gasteiger partial charge >= 0.3 is 12.4 Å². The summed E-state index contributed by atoms with van der Waals surface area (Å²) >= 11 is 0. The number of carbonyl (C=O) groups excluding carboxylic acids is 1. The molecule has 1 amide bonds. The van der Waals surface area contributed by atoms with E-state index >= 15 is 4.39 Å². The number of benzene rings is 1. The smallest absolute Gasteiger partial charge is 0.348 e. The van der Waals surface area contributed by atoms with E-state index in [1.54, 1.807) is 0 Å². The highest BCUT2D eigenvalue weighted by atomic mass is 32.2. The summed E-state index contributed by atoms with van der Waals surface area (Å²) in [6.45, 7) is 0. The zero-order valence-electron chi connectivity index (χ0n) is 16.7. The lowest BCUT2D eigenvalue weighted by atomic mass is 9.93. The normalized spacial score (nSPS) is 22.1. The zero-order chi connectivity index (χ0) is 24.7. The Morgan fingerprint density at radius 3 is 2.09 bits per heavy atom. The second-order valence-corrected chi connectivity index (χ2v) is 9.80. The summed E-state index contributed by atoms with van der Waals surface area (Å²) in [6, 6.07) is 3.67. The lowest BCUT2D eigenvalue weighted by Gasteiger charge is -2.33. The molecule has 0 radical (unpaired) electrons. The molecule has 1 aromatic carbocycles. The number of nitrogens with zero attached hydrogens (tertiary/aromatic N) is 1. The van der Waals surface area contributed by atoms with Crippen LogP contribution in [0.2, 0.25) is 0 Å². The van der Waals surface area contributed by atoms with E-state index in [4.69, 9.17) is 0 Å². The van der Waals surface area contributed by atoms with Crippen LogP contribution in [0.5, 0.6) is 0 Å². The van der Waals surface area contributed by atoms with E-state index in [9.17, 15) is 39.6 Å². The summed E-state index contributed by atoms with van der Waals surface area (Å²) in [7, 11) is -4.77. The number of alkyl halides is 7. The number of aromatic nitrogens is 1. The van der Waals surface area contributed by atoms with E-state index in [2.05, 4.69) is 10.3 Å². The maximum Gasteiger partial charge on any atom is 0.417 e. The summed E-state index contributed by atoms with van der Waals surface area (Å²) in [6.07, 6.45) is -10.4. The maximum atomic E-state index is 15.4. The van der Waals surface area contributed by atoms with Gasteiger partial charge in [-0.3, -0.25) is 9.78 Å². The highest BCUT2D eigenvalue weighted by molar-refractivity contribution is 7.92. The lowest BCUT2D eigenvalue weighted by molar-refractivity contribution is -0.138. The molecule has 0 bridgehead atoms. The minimum atomic E-state index is -4.80. The van der Waals surface area contributed by atoms with Crippen LogP contribution in [0, 0.1) is 0 Å². The SMILES string of the molecule is O=C(NC1CCC(F)(S(=O)(=O)c2cccc(C(F)(F)F)c2)CC1)c1ccc(C(F)(F)F)cn1. The summed E-state index contributed by atoms with van der Waals surface area (Å²) in [4.78, 5) is 14.9. The van der Waals surface area contributed by atoms with E-state index < -0.39 is 68.0 Å². The Balaban J connectivity index is 1.67. The largest absolute Gasteiger partial charge is 0.417 e. The van der Waals surface area contributed by atoms with E-state index in [1.165, 1.54) is 0 Å². The molecule has 1 aliphatic rings. The van der Waals surface area contributed by atoms with Crippen LogP contribution in [0.15, 0.2) is 47.5 Å². The van der Waals surface area contributed by atoms with Crippen molar-refractivity contribution in [3.63, 3.8) is 0 Å². The van der Waals surface area contributed by atoms with Crippen LogP contribution >= 0.6 is 0 Å². The van der Waals surface area contributed by atoms with Gasteiger partial charge in [-0.25, -0.2) is 12.8 Å². The molecular formula is C20H17F7N2O3S. The molecule has 0 atom stereocenters. The van der Waals surface area contributed by atoms with Crippen molar-refractivity contribution in [3.8, 4) is 0 Å². The summed E-state index contributed by atoms with van der Waals surface area (Å²) < 4.78 is 117. The van der Waals surface area contributed by atoms with Crippen molar-refractivity contribution < 1.29 is 43.9 Å². The average Bonchev–Trinajstić information content (AvgIpc) is 2.74. The summed E-state index contributed by atoms with van der Waals surface area (Å²) in [5.41, 5.74) is -2.58. The Morgan fingerprint density at radius 2 is 1.58 bits per heavy atom. The number of amides is 1. The number of nitrogens with one attached hydrogen (secondary N) is 1. The van der Waals surface area contributed by atoms with Gasteiger partial charge in [0.15, 0.2) is 0 Å². The monoisotopic (exact) mass is 498 g/mol. The Morgan fingerprint density at radius 1 is 0.970 bits per heavy atom. The molecule has 13 heteroatoms. The predicted molar refractivity (Wildman–Crippen MR) is 101 cm³/mol. The first-order chi connectivity index (χ1) is 15.1. The third kappa shape index (κ3) is 5.28. The third-order valence-electron chi connectivity index (χ3n) is 5.34. The van der Waals surface area contributed by atoms with Crippen LogP contribution in [-0.2, 0) is 22.2 Å². The first kappa shape index (κ1) is 24.9. The second-order valence-electron chi connectivity index (χ2n) is 7.59. The summed E-state index contributed by atoms with van der Waals surface area (Å²) in [5, 5.41) is -0.370. The fourth-order valence-electron chi connectivity index (χ4n) is 3.47. The quantitative estimate of drug-likeness (QED) is 0.607. The molecule has 0 saturated heterocycles. The van der Waals surface area contributed by atoms with E-state index in [0.29, 0.717) is 24.4 Å². The van der Waals surface area contributed by atoms with Crippen molar-refractivity contribution in [2.75, 3.05) is 0 Å². The van der Waals surface area contributed by atoms with Crippen molar-refractivity contribution in [1.82, 2.24) is 10.3 Å². The van der Waals surface area contributed by atoms with Crippen LogP contribution in [0.1, 0.15) is 47.3 Å². The molecule has 1 aliphatic carbocycles. The van der Waals surface area contributed by atoms with Crippen molar-refractivity contribution in [3.05, 3.63) is 59.4 Å². The average molecular weight is 498 g/mol. The van der Waals surface area contributed by atoms with E-state index in [1.807, 2.05) is 0 Å². The Labute approximate surface area is 183 Å². The molecule has 1 N–H and O–H groups in total. The molecule has 0 unspecified atom stereocenters. The maximum absolute atomic E-state index is 15.4. The molecule has 1 saturated carbocycles. The second kappa shape index (κ2) is 8.58. The molecular weight excluding hydrogens is 481 g/mol. The number of halogens is 7. The highest BCUT2D eigenvalue weighted by Crippen LogP contribution is 2.41. The minimum Gasteiger partial charge on any atom is -0.348 e. The number of carbonyl (C=O) groups is 1. The van der Waals surface area contributed by atoms with Crippen molar-refractivity contribution in [2.45, 2.75) is 54.0 Å². The van der Waals surface area contributed by atoms with Gasteiger partial charge in [0, 0.05) is 12.2 Å². The van der Waals surface area contributed by atoms with Gasteiger partial charge in [0.05, 0.1) is 16.0 Å². The molecule has 1 fully saturated rings. The summed E-state index contributed by atoms with van der Waals surface area (Å²) in [5.74, 6) is -0.819. The van der Waals surface area contributed by atoms with Gasteiger partial charge in [-0.15, -0.1) is 0 Å². The molecule has 0 spiro atoms. The number of rotatable bonds is 4. The molecule has 5 nitrogen and oxygen atoms in total. The number of hydrogen-bond donors (Lipinski definition) is 1. The number of sulfone groups is 1. The van der Waals surface area contributed by atoms with Crippen molar-refractivity contribution in [2.24, 2.45) is 0 Å². The van der Waals surface area contributed by atoms with Gasteiger partial charge in [-0.2, -0.15) is 26.3 Å². The first-order valence-electron chi connectivity index (χ1n) is 9.58. The Hall–Kier alpha value is -2.70. The zero-order valence-corrected chi connectivity index (χ0v) is 17.5. The van der Waals surface area contributed by atoms with Gasteiger partial charge in [0.1, 0.15) is 5.69 Å². The van der Waals surface area contributed by atoms with Gasteiger partial charge < -0.3 is 5.32 Å². The van der Waals surface area contributed by atoms with Crippen LogP contribution < -0.4 is 5.32 Å². The molecule has 180 valence electrons. The third-order valence-corrected chi connectivity index (χ3v) is 7.59. The van der Waals surface area contributed by atoms with Crippen LogP contribution in [0.25, 0.3) is 0 Å². The molecule has 33 heavy (non-hydrogen) atoms. The van der Waals surface area contributed by atoms with Crippen LogP contribution in [0.4, 0.5) is 30.7 Å². The van der Waals surface area contributed by atoms with Gasteiger partial charge in [0.25, 0.3) is 5.91 Å². The van der Waals surface area contributed by atoms with Crippen LogP contribution in [0.3, 0.4) is 0 Å². The van der Waals surface area contributed by atoms with Crippen LogP contribution in [-0.4, -0.2) is 30.4 Å².